The van der Waals surface area contributed by atoms with Gasteiger partial charge in [-0.05, 0) is 52.7 Å². The standard InChI is InChI=1S/C15H18BrFN2/c1-3-18-11(2)12-7-8-19(9-12)10-13-5-4-6-14(17)15(13)16/h4-9,11,18H,3,10H2,1-2H3. The molecule has 102 valence electrons. The van der Waals surface area contributed by atoms with E-state index in [0.717, 1.165) is 12.1 Å². The van der Waals surface area contributed by atoms with E-state index in [1.165, 1.54) is 11.6 Å². The molecule has 4 heteroatoms. The summed E-state index contributed by atoms with van der Waals surface area (Å²) in [5.41, 5.74) is 2.19. The highest BCUT2D eigenvalue weighted by molar-refractivity contribution is 9.10. The van der Waals surface area contributed by atoms with E-state index in [1.807, 2.05) is 12.3 Å². The van der Waals surface area contributed by atoms with Crippen LogP contribution in [0.15, 0.2) is 41.1 Å². The van der Waals surface area contributed by atoms with Gasteiger partial charge in [0.15, 0.2) is 0 Å². The molecule has 1 aromatic heterocycles. The van der Waals surface area contributed by atoms with Crippen molar-refractivity contribution in [3.8, 4) is 0 Å². The molecule has 2 aromatic rings. The van der Waals surface area contributed by atoms with Gasteiger partial charge in [-0.15, -0.1) is 0 Å². The van der Waals surface area contributed by atoms with Gasteiger partial charge >= 0.3 is 0 Å². The number of nitrogens with one attached hydrogen (secondary N) is 1. The van der Waals surface area contributed by atoms with Crippen LogP contribution in [0.4, 0.5) is 4.39 Å². The molecule has 0 fully saturated rings. The van der Waals surface area contributed by atoms with Gasteiger partial charge in [-0.2, -0.15) is 0 Å². The normalized spacial score (nSPS) is 12.6. The van der Waals surface area contributed by atoms with Crippen LogP contribution in [0, 0.1) is 5.82 Å². The van der Waals surface area contributed by atoms with Crippen LogP contribution in [0.3, 0.4) is 0 Å². The van der Waals surface area contributed by atoms with E-state index in [1.54, 1.807) is 6.07 Å². The number of hydrogen-bond acceptors (Lipinski definition) is 1. The molecular weight excluding hydrogens is 307 g/mol. The Bertz CT molecular complexity index is 551. The lowest BCUT2D eigenvalue weighted by Gasteiger charge is -2.10. The maximum absolute atomic E-state index is 13.4. The number of benzene rings is 1. The molecule has 0 aliphatic carbocycles. The Labute approximate surface area is 121 Å². The molecule has 1 atom stereocenters. The summed E-state index contributed by atoms with van der Waals surface area (Å²) in [4.78, 5) is 0. The molecule has 0 radical (unpaired) electrons. The van der Waals surface area contributed by atoms with Crippen LogP contribution >= 0.6 is 15.9 Å². The summed E-state index contributed by atoms with van der Waals surface area (Å²) in [5.74, 6) is -0.217. The third-order valence-electron chi connectivity index (χ3n) is 3.17. The van der Waals surface area contributed by atoms with Crippen LogP contribution in [-0.4, -0.2) is 11.1 Å². The monoisotopic (exact) mass is 324 g/mol. The molecule has 0 saturated heterocycles. The summed E-state index contributed by atoms with van der Waals surface area (Å²) >= 11 is 3.30. The second kappa shape index (κ2) is 6.35. The summed E-state index contributed by atoms with van der Waals surface area (Å²) in [6.07, 6.45) is 4.13. The van der Waals surface area contributed by atoms with E-state index in [2.05, 4.69) is 51.9 Å². The lowest BCUT2D eigenvalue weighted by molar-refractivity contribution is 0.596. The lowest BCUT2D eigenvalue weighted by atomic mass is 10.2. The number of hydrogen-bond donors (Lipinski definition) is 1. The summed E-state index contributed by atoms with van der Waals surface area (Å²) in [6.45, 7) is 5.84. The quantitative estimate of drug-likeness (QED) is 0.875. The second-order valence-corrected chi connectivity index (χ2v) is 5.40. The predicted molar refractivity (Wildman–Crippen MR) is 79.7 cm³/mol. The molecule has 19 heavy (non-hydrogen) atoms. The molecule has 0 aliphatic heterocycles. The fraction of sp³-hybridized carbons (Fsp3) is 0.333. The highest BCUT2D eigenvalue weighted by Crippen LogP contribution is 2.22. The van der Waals surface area contributed by atoms with Crippen molar-refractivity contribution in [2.45, 2.75) is 26.4 Å². The highest BCUT2D eigenvalue weighted by Gasteiger charge is 2.08. The molecule has 2 rings (SSSR count). The highest BCUT2D eigenvalue weighted by atomic mass is 79.9. The molecule has 2 nitrogen and oxygen atoms in total. The van der Waals surface area contributed by atoms with Gasteiger partial charge in [-0.25, -0.2) is 4.39 Å². The van der Waals surface area contributed by atoms with Crippen molar-refractivity contribution in [2.24, 2.45) is 0 Å². The molecule has 1 N–H and O–H groups in total. The molecule has 1 aromatic carbocycles. The van der Waals surface area contributed by atoms with Crippen molar-refractivity contribution in [3.05, 3.63) is 58.1 Å². The van der Waals surface area contributed by atoms with E-state index in [4.69, 9.17) is 0 Å². The predicted octanol–water partition coefficient (Wildman–Crippen LogP) is 4.11. The van der Waals surface area contributed by atoms with Crippen LogP contribution in [0.2, 0.25) is 0 Å². The smallest absolute Gasteiger partial charge is 0.137 e. The average molecular weight is 325 g/mol. The van der Waals surface area contributed by atoms with Crippen LogP contribution in [-0.2, 0) is 6.54 Å². The van der Waals surface area contributed by atoms with E-state index >= 15 is 0 Å². The second-order valence-electron chi connectivity index (χ2n) is 4.61. The fourth-order valence-corrected chi connectivity index (χ4v) is 2.49. The van der Waals surface area contributed by atoms with E-state index in [-0.39, 0.29) is 5.82 Å². The fourth-order valence-electron chi connectivity index (χ4n) is 2.11. The summed E-state index contributed by atoms with van der Waals surface area (Å²) in [7, 11) is 0. The number of halogens is 2. The zero-order valence-electron chi connectivity index (χ0n) is 11.2. The van der Waals surface area contributed by atoms with Crippen molar-refractivity contribution in [1.29, 1.82) is 0 Å². The number of aromatic nitrogens is 1. The first-order valence-corrected chi connectivity index (χ1v) is 7.23. The third-order valence-corrected chi connectivity index (χ3v) is 4.06. The number of rotatable bonds is 5. The summed E-state index contributed by atoms with van der Waals surface area (Å²) in [6, 6.07) is 7.56. The van der Waals surface area contributed by atoms with Crippen molar-refractivity contribution in [3.63, 3.8) is 0 Å². The van der Waals surface area contributed by atoms with Crippen molar-refractivity contribution in [2.75, 3.05) is 6.54 Å². The van der Waals surface area contributed by atoms with E-state index in [0.29, 0.717) is 17.1 Å². The minimum atomic E-state index is -0.217. The van der Waals surface area contributed by atoms with Crippen molar-refractivity contribution < 1.29 is 4.39 Å². The van der Waals surface area contributed by atoms with Crippen molar-refractivity contribution in [1.82, 2.24) is 9.88 Å². The van der Waals surface area contributed by atoms with Gasteiger partial charge in [0.25, 0.3) is 0 Å². The summed E-state index contributed by atoms with van der Waals surface area (Å²) in [5, 5.41) is 3.38. The SMILES string of the molecule is CCNC(C)c1ccn(Cc2cccc(F)c2Br)c1. The van der Waals surface area contributed by atoms with Gasteiger partial charge < -0.3 is 9.88 Å². The lowest BCUT2D eigenvalue weighted by Crippen LogP contribution is -2.17. The van der Waals surface area contributed by atoms with Gasteiger partial charge in [0.2, 0.25) is 0 Å². The van der Waals surface area contributed by atoms with Crippen LogP contribution < -0.4 is 5.32 Å². The minimum Gasteiger partial charge on any atom is -0.350 e. The molecule has 1 unspecified atom stereocenters. The topological polar surface area (TPSA) is 17.0 Å². The molecule has 0 bridgehead atoms. The Morgan fingerprint density at radius 1 is 1.37 bits per heavy atom. The Morgan fingerprint density at radius 2 is 2.16 bits per heavy atom. The minimum absolute atomic E-state index is 0.217. The van der Waals surface area contributed by atoms with Crippen LogP contribution in [0.1, 0.15) is 31.0 Å². The van der Waals surface area contributed by atoms with E-state index in [9.17, 15) is 4.39 Å². The molecule has 0 saturated carbocycles. The maximum Gasteiger partial charge on any atom is 0.137 e. The van der Waals surface area contributed by atoms with Crippen LogP contribution in [0.25, 0.3) is 0 Å². The Hall–Kier alpha value is -1.13. The first-order valence-electron chi connectivity index (χ1n) is 6.43. The molecule has 0 spiro atoms. The third kappa shape index (κ3) is 3.45. The first kappa shape index (κ1) is 14.3. The molecule has 1 heterocycles. The van der Waals surface area contributed by atoms with Gasteiger partial charge in [0, 0.05) is 25.0 Å². The molecular formula is C15H18BrFN2. The van der Waals surface area contributed by atoms with Gasteiger partial charge in [-0.1, -0.05) is 19.1 Å². The molecule has 0 amide bonds. The Kier molecular flexibility index (Phi) is 4.77. The maximum atomic E-state index is 13.4. The average Bonchev–Trinajstić information content (AvgIpc) is 2.84. The summed E-state index contributed by atoms with van der Waals surface area (Å²) < 4.78 is 16.1. The Balaban J connectivity index is 2.14. The zero-order chi connectivity index (χ0) is 13.8. The van der Waals surface area contributed by atoms with Gasteiger partial charge in [-0.3, -0.25) is 0 Å². The molecule has 0 aliphatic rings. The van der Waals surface area contributed by atoms with Gasteiger partial charge in [0.05, 0.1) is 4.47 Å². The number of nitrogens with zero attached hydrogens (tertiary/aromatic N) is 1. The van der Waals surface area contributed by atoms with Crippen molar-refractivity contribution >= 4 is 15.9 Å². The van der Waals surface area contributed by atoms with Crippen LogP contribution in [0.5, 0.6) is 0 Å². The zero-order valence-corrected chi connectivity index (χ0v) is 12.7. The van der Waals surface area contributed by atoms with Gasteiger partial charge in [0.1, 0.15) is 5.82 Å². The Morgan fingerprint density at radius 3 is 2.89 bits per heavy atom. The first-order chi connectivity index (χ1) is 9.11. The largest absolute Gasteiger partial charge is 0.350 e. The van der Waals surface area contributed by atoms with E-state index < -0.39 is 0 Å².